The van der Waals surface area contributed by atoms with Gasteiger partial charge in [-0.05, 0) is 78.1 Å². The zero-order valence-corrected chi connectivity index (χ0v) is 38.2. The van der Waals surface area contributed by atoms with Gasteiger partial charge in [-0.25, -0.2) is 18.1 Å². The molecule has 3 aromatic rings. The largest absolute Gasteiger partial charge is 0.497 e. The minimum Gasteiger partial charge on any atom is -0.497 e. The van der Waals surface area contributed by atoms with Crippen LogP contribution in [0.15, 0.2) is 101 Å². The molecule has 10 nitrogen and oxygen atoms in total. The normalized spacial score (nSPS) is 21.9. The van der Waals surface area contributed by atoms with Crippen LogP contribution in [0.4, 0.5) is 4.79 Å². The predicted molar refractivity (Wildman–Crippen MR) is 236 cm³/mol. The number of hydrogen-bond acceptors (Lipinski definition) is 9. The Kier molecular flexibility index (Phi) is 16.8. The molecule has 0 aromatic heterocycles. The fraction of sp³-hybridized carbons (Fsp3) is 0.500. The van der Waals surface area contributed by atoms with E-state index in [0.717, 1.165) is 28.5 Å². The molecule has 1 saturated heterocycles. The maximum absolute atomic E-state index is 15.0. The Balaban J connectivity index is 1.48. The van der Waals surface area contributed by atoms with Crippen molar-refractivity contribution in [2.45, 2.75) is 89.9 Å². The van der Waals surface area contributed by atoms with Crippen molar-refractivity contribution in [3.05, 3.63) is 108 Å². The Morgan fingerprint density at radius 1 is 0.900 bits per heavy atom. The van der Waals surface area contributed by atoms with E-state index in [4.69, 9.17) is 23.7 Å². The molecule has 324 valence electrons. The number of methoxy groups -OCH3 is 1. The van der Waals surface area contributed by atoms with Crippen molar-refractivity contribution >= 4 is 29.9 Å². The maximum atomic E-state index is 15.0. The van der Waals surface area contributed by atoms with E-state index < -0.39 is 47.4 Å². The lowest BCUT2D eigenvalue weighted by Crippen LogP contribution is -2.50. The molecule has 0 N–H and O–H groups in total. The Labute approximate surface area is 358 Å². The van der Waals surface area contributed by atoms with Gasteiger partial charge >= 0.3 is 6.09 Å². The van der Waals surface area contributed by atoms with Gasteiger partial charge in [0.15, 0.2) is 9.84 Å². The van der Waals surface area contributed by atoms with Crippen LogP contribution in [-0.2, 0) is 46.8 Å². The molecule has 6 atom stereocenters. The van der Waals surface area contributed by atoms with Crippen LogP contribution >= 0.6 is 0 Å². The highest BCUT2D eigenvalue weighted by Gasteiger charge is 2.53. The monoisotopic (exact) mass is 857 g/mol. The standard InChI is InChI=1S/C48H63NO9SSi/c1-36-29-48(46(50)49(30-37(36)2)47(51)57-33-39-14-10-8-11-15-39)25-24-41(32-56-31-40-18-21-43(54-4)22-19-40)28-42(48)20-23-45(58-35-55-26-27-60(5,6)7)38(3)34-59(52,53)44-16-12-9-13-17-44/h8-19,21-22,28,36-38,42,45H,24-27,29-35H2,1-7H3/t36-,37-,38+,42-,45-,48+/m0/s1. The lowest BCUT2D eigenvalue weighted by Gasteiger charge is -2.41. The number of benzene rings is 3. The highest BCUT2D eigenvalue weighted by atomic mass is 32.2. The van der Waals surface area contributed by atoms with E-state index >= 15 is 4.79 Å². The highest BCUT2D eigenvalue weighted by Crippen LogP contribution is 2.49. The Morgan fingerprint density at radius 3 is 2.23 bits per heavy atom. The molecule has 1 fully saturated rings. The summed E-state index contributed by atoms with van der Waals surface area (Å²) in [5.41, 5.74) is 1.76. The third-order valence-corrected chi connectivity index (χ3v) is 15.3. The van der Waals surface area contributed by atoms with Crippen LogP contribution in [0.1, 0.15) is 51.2 Å². The molecule has 12 heteroatoms. The summed E-state index contributed by atoms with van der Waals surface area (Å²) < 4.78 is 56.7. The third-order valence-electron chi connectivity index (χ3n) is 11.6. The number of allylic oxidation sites excluding steroid dienone is 1. The average Bonchev–Trinajstić information content (AvgIpc) is 3.32. The molecule has 1 aliphatic carbocycles. The fourth-order valence-electron chi connectivity index (χ4n) is 7.68. The minimum absolute atomic E-state index is 0.0111. The summed E-state index contributed by atoms with van der Waals surface area (Å²) in [7, 11) is -3.41. The SMILES string of the molecule is COc1ccc(COCC2=C[C@H](C#C[C@H](OCOCC[Si](C)(C)C)[C@H](C)CS(=O)(=O)c3ccccc3)[C@@]3(CC2)C[C@H](C)[C@@H](C)CN(C(=O)OCc2ccccc2)C3=O)cc1. The van der Waals surface area contributed by atoms with Crippen molar-refractivity contribution in [1.82, 2.24) is 4.90 Å². The second-order valence-electron chi connectivity index (χ2n) is 17.7. The molecule has 60 heavy (non-hydrogen) atoms. The van der Waals surface area contributed by atoms with Gasteiger partial charge < -0.3 is 23.7 Å². The van der Waals surface area contributed by atoms with Gasteiger partial charge in [-0.1, -0.05) is 119 Å². The molecule has 0 saturated carbocycles. The number of carbonyl (C=O) groups is 2. The molecular formula is C48H63NO9SSi. The van der Waals surface area contributed by atoms with E-state index in [1.165, 1.54) is 4.90 Å². The van der Waals surface area contributed by atoms with Gasteiger partial charge in [-0.2, -0.15) is 0 Å². The van der Waals surface area contributed by atoms with Crippen LogP contribution < -0.4 is 4.74 Å². The number of nitrogens with zero attached hydrogens (tertiary/aromatic N) is 1. The van der Waals surface area contributed by atoms with Gasteiger partial charge in [0.25, 0.3) is 0 Å². The molecule has 5 rings (SSSR count). The van der Waals surface area contributed by atoms with Gasteiger partial charge in [-0.15, -0.1) is 0 Å². The molecular weight excluding hydrogens is 795 g/mol. The average molecular weight is 858 g/mol. The van der Waals surface area contributed by atoms with E-state index in [9.17, 15) is 13.2 Å². The third kappa shape index (κ3) is 13.1. The van der Waals surface area contributed by atoms with Crippen molar-refractivity contribution in [3.63, 3.8) is 0 Å². The van der Waals surface area contributed by atoms with E-state index in [-0.39, 0.29) is 48.3 Å². The number of ether oxygens (including phenoxy) is 5. The highest BCUT2D eigenvalue weighted by molar-refractivity contribution is 7.91. The molecule has 2 aliphatic rings. The lowest BCUT2D eigenvalue weighted by atomic mass is 9.62. The number of sulfone groups is 1. The number of imide groups is 1. The summed E-state index contributed by atoms with van der Waals surface area (Å²) in [5.74, 6) is 5.94. The van der Waals surface area contributed by atoms with Gasteiger partial charge in [0, 0.05) is 27.1 Å². The first kappa shape index (κ1) is 46.8. The Bertz CT molecular complexity index is 2060. The summed E-state index contributed by atoms with van der Waals surface area (Å²) >= 11 is 0. The van der Waals surface area contributed by atoms with Crippen LogP contribution in [0.5, 0.6) is 5.75 Å². The smallest absolute Gasteiger partial charge is 0.416 e. The van der Waals surface area contributed by atoms with Crippen molar-refractivity contribution in [3.8, 4) is 17.6 Å². The molecule has 0 unspecified atom stereocenters. The van der Waals surface area contributed by atoms with Crippen LogP contribution in [-0.4, -0.2) is 78.9 Å². The first-order valence-electron chi connectivity index (χ1n) is 21.0. The number of amides is 2. The maximum Gasteiger partial charge on any atom is 0.416 e. The number of carbonyl (C=O) groups excluding carboxylic acids is 2. The number of likely N-dealkylation sites (tertiary alicyclic amines) is 1. The van der Waals surface area contributed by atoms with E-state index in [1.807, 2.05) is 67.6 Å². The van der Waals surface area contributed by atoms with Crippen LogP contribution in [0.25, 0.3) is 0 Å². The Morgan fingerprint density at radius 2 is 1.57 bits per heavy atom. The van der Waals surface area contributed by atoms with Crippen molar-refractivity contribution < 1.29 is 41.7 Å². The summed E-state index contributed by atoms with van der Waals surface area (Å²) in [6.45, 7) is 14.3. The second-order valence-corrected chi connectivity index (χ2v) is 25.4. The first-order chi connectivity index (χ1) is 28.6. The zero-order valence-electron chi connectivity index (χ0n) is 36.4. The van der Waals surface area contributed by atoms with Gasteiger partial charge in [0.2, 0.25) is 5.91 Å². The zero-order chi connectivity index (χ0) is 43.3. The van der Waals surface area contributed by atoms with E-state index in [0.29, 0.717) is 39.1 Å². The van der Waals surface area contributed by atoms with Gasteiger partial charge in [0.1, 0.15) is 25.3 Å². The van der Waals surface area contributed by atoms with Crippen LogP contribution in [0.3, 0.4) is 0 Å². The summed E-state index contributed by atoms with van der Waals surface area (Å²) in [6, 6.07) is 26.4. The molecule has 0 bridgehead atoms. The van der Waals surface area contributed by atoms with Crippen LogP contribution in [0, 0.1) is 40.9 Å². The minimum atomic E-state index is -3.68. The van der Waals surface area contributed by atoms with E-state index in [1.54, 1.807) is 37.4 Å². The molecule has 1 heterocycles. The van der Waals surface area contributed by atoms with Crippen LogP contribution in [0.2, 0.25) is 25.7 Å². The fourth-order valence-corrected chi connectivity index (χ4v) is 10.1. The molecule has 1 spiro atoms. The van der Waals surface area contributed by atoms with Crippen molar-refractivity contribution in [2.75, 3.05) is 39.4 Å². The van der Waals surface area contributed by atoms with Gasteiger partial charge in [0.05, 0.1) is 42.3 Å². The van der Waals surface area contributed by atoms with E-state index in [2.05, 4.69) is 45.3 Å². The number of rotatable bonds is 17. The van der Waals surface area contributed by atoms with Crippen molar-refractivity contribution in [1.29, 1.82) is 0 Å². The summed E-state index contributed by atoms with van der Waals surface area (Å²) in [5, 5.41) is 0. The summed E-state index contributed by atoms with van der Waals surface area (Å²) in [4.78, 5) is 30.4. The topological polar surface area (TPSA) is 118 Å². The molecule has 0 radical (unpaired) electrons. The van der Waals surface area contributed by atoms with Crippen molar-refractivity contribution in [2.24, 2.45) is 29.1 Å². The lowest BCUT2D eigenvalue weighted by molar-refractivity contribution is -0.142. The molecule has 3 aromatic carbocycles. The summed E-state index contributed by atoms with van der Waals surface area (Å²) in [6.07, 6.45) is 2.06. The second kappa shape index (κ2) is 21.5. The van der Waals surface area contributed by atoms with Gasteiger partial charge in [-0.3, -0.25) is 4.79 Å². The molecule has 2 amide bonds. The molecule has 1 aliphatic heterocycles. The predicted octanol–water partition coefficient (Wildman–Crippen LogP) is 9.19. The quantitative estimate of drug-likeness (QED) is 0.0431. The number of hydrogen-bond donors (Lipinski definition) is 0. The first-order valence-corrected chi connectivity index (χ1v) is 26.4. The Hall–Kier alpha value is -4.25.